The molecule has 4 nitrogen and oxygen atoms in total. The van der Waals surface area contributed by atoms with Gasteiger partial charge in [0.1, 0.15) is 0 Å². The van der Waals surface area contributed by atoms with Gasteiger partial charge in [-0.05, 0) is 18.8 Å². The van der Waals surface area contributed by atoms with E-state index in [0.717, 1.165) is 17.9 Å². The Bertz CT molecular complexity index is 538. The minimum Gasteiger partial charge on any atom is -0.489 e. The number of rotatable bonds is 4. The molecular weight excluding hydrogens is 226 g/mol. The third-order valence-corrected chi connectivity index (χ3v) is 3.03. The summed E-state index contributed by atoms with van der Waals surface area (Å²) in [5.41, 5.74) is 7.58. The highest BCUT2D eigenvalue weighted by molar-refractivity contribution is 5.62. The van der Waals surface area contributed by atoms with Crippen LogP contribution in [-0.2, 0) is 0 Å². The number of aromatic nitrogens is 2. The maximum Gasteiger partial charge on any atom is 0.188 e. The summed E-state index contributed by atoms with van der Waals surface area (Å²) in [7, 11) is 0. The van der Waals surface area contributed by atoms with Gasteiger partial charge in [-0.15, -0.1) is 10.2 Å². The van der Waals surface area contributed by atoms with Crippen LogP contribution in [-0.4, -0.2) is 16.8 Å². The fourth-order valence-corrected chi connectivity index (χ4v) is 1.74. The molecule has 18 heavy (non-hydrogen) atoms. The van der Waals surface area contributed by atoms with Gasteiger partial charge in [-0.1, -0.05) is 30.3 Å². The Kier molecular flexibility index (Phi) is 2.84. The molecule has 4 heteroatoms. The second-order valence-electron chi connectivity index (χ2n) is 4.60. The van der Waals surface area contributed by atoms with Crippen LogP contribution in [0.25, 0.3) is 11.3 Å². The van der Waals surface area contributed by atoms with Crippen LogP contribution in [0, 0.1) is 5.92 Å². The molecule has 1 fully saturated rings. The Morgan fingerprint density at radius 2 is 1.94 bits per heavy atom. The molecule has 1 aromatic heterocycles. The van der Waals surface area contributed by atoms with Crippen molar-refractivity contribution in [2.24, 2.45) is 5.92 Å². The summed E-state index contributed by atoms with van der Waals surface area (Å²) < 4.78 is 5.70. The SMILES string of the molecule is Nc1nnc(-c2ccccc2)cc1OCC1CC1. The second-order valence-corrected chi connectivity index (χ2v) is 4.60. The van der Waals surface area contributed by atoms with E-state index in [4.69, 9.17) is 10.5 Å². The molecule has 92 valence electrons. The quantitative estimate of drug-likeness (QED) is 0.893. The zero-order chi connectivity index (χ0) is 12.4. The number of nitrogens with two attached hydrogens (primary N) is 1. The van der Waals surface area contributed by atoms with Crippen molar-refractivity contribution >= 4 is 5.82 Å². The molecule has 0 aliphatic heterocycles. The molecule has 1 heterocycles. The molecule has 0 radical (unpaired) electrons. The van der Waals surface area contributed by atoms with Crippen molar-refractivity contribution in [1.82, 2.24) is 10.2 Å². The van der Waals surface area contributed by atoms with Gasteiger partial charge in [0.25, 0.3) is 0 Å². The highest BCUT2D eigenvalue weighted by Gasteiger charge is 2.22. The molecule has 1 saturated carbocycles. The molecular formula is C14H15N3O. The number of benzene rings is 1. The van der Waals surface area contributed by atoms with Gasteiger partial charge in [-0.25, -0.2) is 0 Å². The Labute approximate surface area is 106 Å². The first-order valence-electron chi connectivity index (χ1n) is 6.14. The summed E-state index contributed by atoms with van der Waals surface area (Å²) in [5, 5.41) is 8.05. The fraction of sp³-hybridized carbons (Fsp3) is 0.286. The Hall–Kier alpha value is -2.10. The first-order valence-corrected chi connectivity index (χ1v) is 6.14. The molecule has 3 rings (SSSR count). The third kappa shape index (κ3) is 2.42. The molecule has 1 aliphatic rings. The summed E-state index contributed by atoms with van der Waals surface area (Å²) in [5.74, 6) is 1.68. The minimum absolute atomic E-state index is 0.357. The number of nitrogen functional groups attached to an aromatic ring is 1. The van der Waals surface area contributed by atoms with Crippen molar-refractivity contribution < 1.29 is 4.74 Å². The highest BCUT2D eigenvalue weighted by Crippen LogP contribution is 2.31. The zero-order valence-corrected chi connectivity index (χ0v) is 10.0. The second kappa shape index (κ2) is 4.64. The summed E-state index contributed by atoms with van der Waals surface area (Å²) in [6, 6.07) is 11.8. The van der Waals surface area contributed by atoms with Crippen molar-refractivity contribution in [2.75, 3.05) is 12.3 Å². The van der Waals surface area contributed by atoms with Crippen molar-refractivity contribution in [3.05, 3.63) is 36.4 Å². The van der Waals surface area contributed by atoms with E-state index in [-0.39, 0.29) is 0 Å². The van der Waals surface area contributed by atoms with Crippen LogP contribution in [0.5, 0.6) is 5.75 Å². The Morgan fingerprint density at radius 3 is 2.67 bits per heavy atom. The molecule has 2 N–H and O–H groups in total. The van der Waals surface area contributed by atoms with E-state index in [9.17, 15) is 0 Å². The zero-order valence-electron chi connectivity index (χ0n) is 10.0. The molecule has 1 aliphatic carbocycles. The molecule has 0 unspecified atom stereocenters. The molecule has 0 atom stereocenters. The van der Waals surface area contributed by atoms with Crippen molar-refractivity contribution in [2.45, 2.75) is 12.8 Å². The first kappa shape index (κ1) is 11.0. The van der Waals surface area contributed by atoms with Gasteiger partial charge in [0.05, 0.1) is 12.3 Å². The third-order valence-electron chi connectivity index (χ3n) is 3.03. The smallest absolute Gasteiger partial charge is 0.188 e. The van der Waals surface area contributed by atoms with Crippen LogP contribution in [0.2, 0.25) is 0 Å². The summed E-state index contributed by atoms with van der Waals surface area (Å²) >= 11 is 0. The standard InChI is InChI=1S/C14H15N3O/c15-14-13(18-9-10-6-7-10)8-12(16-17-14)11-4-2-1-3-5-11/h1-5,8,10H,6-7,9H2,(H2,15,17). The predicted molar refractivity (Wildman–Crippen MR) is 70.1 cm³/mol. The Balaban J connectivity index is 1.84. The monoisotopic (exact) mass is 241 g/mol. The predicted octanol–water partition coefficient (Wildman–Crippen LogP) is 2.51. The number of hydrogen-bond acceptors (Lipinski definition) is 4. The summed E-state index contributed by atoms with van der Waals surface area (Å²) in [6.07, 6.45) is 2.51. The molecule has 0 bridgehead atoms. The lowest BCUT2D eigenvalue weighted by molar-refractivity contribution is 0.300. The number of hydrogen-bond donors (Lipinski definition) is 1. The fourth-order valence-electron chi connectivity index (χ4n) is 1.74. The van der Waals surface area contributed by atoms with Crippen LogP contribution >= 0.6 is 0 Å². The molecule has 1 aromatic carbocycles. The van der Waals surface area contributed by atoms with Gasteiger partial charge in [-0.3, -0.25) is 0 Å². The van der Waals surface area contributed by atoms with Crippen LogP contribution in [0.3, 0.4) is 0 Å². The molecule has 0 amide bonds. The van der Waals surface area contributed by atoms with Gasteiger partial charge < -0.3 is 10.5 Å². The van der Waals surface area contributed by atoms with E-state index in [0.29, 0.717) is 17.5 Å². The van der Waals surface area contributed by atoms with Crippen molar-refractivity contribution in [3.63, 3.8) is 0 Å². The van der Waals surface area contributed by atoms with E-state index in [1.165, 1.54) is 12.8 Å². The van der Waals surface area contributed by atoms with Crippen LogP contribution in [0.1, 0.15) is 12.8 Å². The lowest BCUT2D eigenvalue weighted by atomic mass is 10.1. The average Bonchev–Trinajstić information content (AvgIpc) is 3.23. The van der Waals surface area contributed by atoms with Crippen LogP contribution < -0.4 is 10.5 Å². The summed E-state index contributed by atoms with van der Waals surface area (Å²) in [4.78, 5) is 0. The van der Waals surface area contributed by atoms with E-state index in [1.54, 1.807) is 0 Å². The normalized spacial score (nSPS) is 14.4. The van der Waals surface area contributed by atoms with Crippen molar-refractivity contribution in [1.29, 1.82) is 0 Å². The van der Waals surface area contributed by atoms with E-state index in [1.807, 2.05) is 36.4 Å². The number of nitrogens with zero attached hydrogens (tertiary/aromatic N) is 2. The topological polar surface area (TPSA) is 61.0 Å². The molecule has 2 aromatic rings. The minimum atomic E-state index is 0.357. The summed E-state index contributed by atoms with van der Waals surface area (Å²) in [6.45, 7) is 0.726. The Morgan fingerprint density at radius 1 is 1.17 bits per heavy atom. The number of anilines is 1. The average molecular weight is 241 g/mol. The first-order chi connectivity index (χ1) is 8.83. The van der Waals surface area contributed by atoms with E-state index >= 15 is 0 Å². The largest absolute Gasteiger partial charge is 0.489 e. The molecule has 0 spiro atoms. The number of ether oxygens (including phenoxy) is 1. The van der Waals surface area contributed by atoms with E-state index in [2.05, 4.69) is 10.2 Å². The maximum atomic E-state index is 5.78. The van der Waals surface area contributed by atoms with Gasteiger partial charge in [0.15, 0.2) is 11.6 Å². The maximum absolute atomic E-state index is 5.78. The van der Waals surface area contributed by atoms with Gasteiger partial charge >= 0.3 is 0 Å². The van der Waals surface area contributed by atoms with Gasteiger partial charge in [0, 0.05) is 11.6 Å². The van der Waals surface area contributed by atoms with Crippen molar-refractivity contribution in [3.8, 4) is 17.0 Å². The van der Waals surface area contributed by atoms with Gasteiger partial charge in [-0.2, -0.15) is 0 Å². The lowest BCUT2D eigenvalue weighted by Gasteiger charge is -2.08. The molecule has 0 saturated heterocycles. The van der Waals surface area contributed by atoms with Gasteiger partial charge in [0.2, 0.25) is 0 Å². The van der Waals surface area contributed by atoms with Crippen LogP contribution in [0.4, 0.5) is 5.82 Å². The lowest BCUT2D eigenvalue weighted by Crippen LogP contribution is -2.04. The van der Waals surface area contributed by atoms with Crippen LogP contribution in [0.15, 0.2) is 36.4 Å². The highest BCUT2D eigenvalue weighted by atomic mass is 16.5. The van der Waals surface area contributed by atoms with E-state index < -0.39 is 0 Å².